The lowest BCUT2D eigenvalue weighted by Crippen LogP contribution is -2.27. The third-order valence-corrected chi connectivity index (χ3v) is 4.65. The summed E-state index contributed by atoms with van der Waals surface area (Å²) in [5.41, 5.74) is 4.08. The zero-order chi connectivity index (χ0) is 21.0. The summed E-state index contributed by atoms with van der Waals surface area (Å²) in [5, 5.41) is 5.63. The molecule has 2 N–H and O–H groups in total. The molecule has 2 heterocycles. The first-order valence-corrected chi connectivity index (χ1v) is 9.50. The van der Waals surface area contributed by atoms with E-state index in [0.717, 1.165) is 11.2 Å². The Morgan fingerprint density at radius 1 is 1.10 bits per heavy atom. The highest BCUT2D eigenvalue weighted by Crippen LogP contribution is 2.15. The Labute approximate surface area is 169 Å². The second-order valence-corrected chi connectivity index (χ2v) is 6.98. The number of fused-ring (bicyclic) bond motifs is 1. The zero-order valence-corrected chi connectivity index (χ0v) is 16.8. The van der Waals surface area contributed by atoms with Crippen LogP contribution in [0.1, 0.15) is 51.9 Å². The Bertz CT molecular complexity index is 1080. The lowest BCUT2D eigenvalue weighted by atomic mass is 10.1. The quantitative estimate of drug-likeness (QED) is 0.477. The molecule has 2 aromatic heterocycles. The van der Waals surface area contributed by atoms with Gasteiger partial charge in [-0.15, -0.1) is 0 Å². The van der Waals surface area contributed by atoms with Crippen molar-refractivity contribution in [1.29, 1.82) is 0 Å². The van der Waals surface area contributed by atoms with Gasteiger partial charge in [-0.3, -0.25) is 18.8 Å². The largest absolute Gasteiger partial charge is 0.351 e. The molecule has 0 radical (unpaired) electrons. The van der Waals surface area contributed by atoms with Crippen LogP contribution < -0.4 is 10.6 Å². The van der Waals surface area contributed by atoms with Crippen LogP contribution >= 0.6 is 0 Å². The van der Waals surface area contributed by atoms with Crippen LogP contribution in [0.25, 0.3) is 5.65 Å². The molecule has 29 heavy (non-hydrogen) atoms. The van der Waals surface area contributed by atoms with Gasteiger partial charge in [-0.25, -0.2) is 4.98 Å². The van der Waals surface area contributed by atoms with Gasteiger partial charge < -0.3 is 10.6 Å². The topological polar surface area (TPSA) is 92.6 Å². The van der Waals surface area contributed by atoms with Crippen LogP contribution in [0.2, 0.25) is 0 Å². The summed E-state index contributed by atoms with van der Waals surface area (Å²) in [6.45, 7) is 5.62. The molecular weight excluding hydrogens is 368 g/mol. The van der Waals surface area contributed by atoms with Gasteiger partial charge in [0.1, 0.15) is 11.3 Å². The van der Waals surface area contributed by atoms with E-state index in [9.17, 15) is 14.4 Å². The van der Waals surface area contributed by atoms with E-state index in [1.165, 1.54) is 6.92 Å². The summed E-state index contributed by atoms with van der Waals surface area (Å²) >= 11 is 0. The molecule has 0 aliphatic rings. The second-order valence-electron chi connectivity index (χ2n) is 6.98. The van der Waals surface area contributed by atoms with Gasteiger partial charge in [0.2, 0.25) is 5.91 Å². The number of benzene rings is 1. The molecule has 0 fully saturated rings. The van der Waals surface area contributed by atoms with E-state index < -0.39 is 0 Å². The molecule has 0 saturated carbocycles. The van der Waals surface area contributed by atoms with Gasteiger partial charge in [-0.05, 0) is 51.0 Å². The van der Waals surface area contributed by atoms with Crippen molar-refractivity contribution >= 4 is 28.9 Å². The molecule has 0 atom stereocenters. The van der Waals surface area contributed by atoms with Gasteiger partial charge in [0, 0.05) is 30.4 Å². The lowest BCUT2D eigenvalue weighted by Gasteiger charge is -2.08. The molecule has 0 aliphatic carbocycles. The fraction of sp³-hybridized carbons (Fsp3) is 0.273. The average molecular weight is 392 g/mol. The molecule has 1 aromatic carbocycles. The van der Waals surface area contributed by atoms with Crippen molar-refractivity contribution in [2.24, 2.45) is 0 Å². The van der Waals surface area contributed by atoms with E-state index in [1.807, 2.05) is 32.2 Å². The molecule has 0 aliphatic heterocycles. The fourth-order valence-corrected chi connectivity index (χ4v) is 3.16. The van der Waals surface area contributed by atoms with Gasteiger partial charge in [0.15, 0.2) is 5.78 Å². The number of anilines is 1. The highest BCUT2D eigenvalue weighted by atomic mass is 16.2. The van der Waals surface area contributed by atoms with Crippen LogP contribution in [0.4, 0.5) is 5.69 Å². The van der Waals surface area contributed by atoms with Crippen molar-refractivity contribution in [2.75, 3.05) is 11.9 Å². The lowest BCUT2D eigenvalue weighted by molar-refractivity contribution is -0.116. The number of aryl methyl sites for hydroxylation is 2. The van der Waals surface area contributed by atoms with Gasteiger partial charge >= 0.3 is 0 Å². The predicted molar refractivity (Wildman–Crippen MR) is 111 cm³/mol. The number of hydrogen-bond acceptors (Lipinski definition) is 4. The van der Waals surface area contributed by atoms with E-state index in [2.05, 4.69) is 15.6 Å². The molecule has 2 amide bonds. The number of Topliss-reactive ketones (excluding diaryl/α,β-unsaturated/α-hetero) is 1. The number of carbonyl (C=O) groups excluding carboxylic acids is 3. The Hall–Kier alpha value is -3.48. The number of hydrogen-bond donors (Lipinski definition) is 2. The standard InChI is InChI=1S/C22H24N4O3/c1-14-7-6-12-26-20(15(2)24-21(14)26)22(29)23-11-5-10-19(28)25-18-9-4-8-17(13-18)16(3)27/h4,6-9,12-13H,5,10-11H2,1-3H3,(H,23,29)(H,25,28). The van der Waals surface area contributed by atoms with E-state index >= 15 is 0 Å². The summed E-state index contributed by atoms with van der Waals surface area (Å²) in [4.78, 5) is 40.6. The summed E-state index contributed by atoms with van der Waals surface area (Å²) in [5.74, 6) is -0.432. The second kappa shape index (κ2) is 8.68. The third-order valence-electron chi connectivity index (χ3n) is 4.65. The van der Waals surface area contributed by atoms with Crippen LogP contribution in [-0.4, -0.2) is 33.5 Å². The molecule has 150 valence electrons. The molecule has 3 aromatic rings. The minimum absolute atomic E-state index is 0.0540. The molecule has 7 nitrogen and oxygen atoms in total. The zero-order valence-electron chi connectivity index (χ0n) is 16.8. The number of nitrogens with one attached hydrogen (secondary N) is 2. The first-order valence-electron chi connectivity index (χ1n) is 9.50. The summed E-state index contributed by atoms with van der Waals surface area (Å²) in [6.07, 6.45) is 2.58. The van der Waals surface area contributed by atoms with Crippen molar-refractivity contribution in [3.8, 4) is 0 Å². The molecular formula is C22H24N4O3. The Morgan fingerprint density at radius 3 is 2.66 bits per heavy atom. The Balaban J connectivity index is 1.52. The number of carbonyl (C=O) groups is 3. The maximum Gasteiger partial charge on any atom is 0.270 e. The first-order chi connectivity index (χ1) is 13.9. The maximum absolute atomic E-state index is 12.6. The third kappa shape index (κ3) is 4.68. The first kappa shape index (κ1) is 20.3. The van der Waals surface area contributed by atoms with E-state index in [1.54, 1.807) is 28.7 Å². The van der Waals surface area contributed by atoms with Crippen molar-refractivity contribution in [3.63, 3.8) is 0 Å². The fourth-order valence-electron chi connectivity index (χ4n) is 3.16. The predicted octanol–water partition coefficient (Wildman–Crippen LogP) is 3.30. The highest BCUT2D eigenvalue weighted by Gasteiger charge is 2.17. The maximum atomic E-state index is 12.6. The van der Waals surface area contributed by atoms with Crippen LogP contribution in [0, 0.1) is 13.8 Å². The van der Waals surface area contributed by atoms with Crippen molar-refractivity contribution in [3.05, 3.63) is 65.1 Å². The molecule has 0 saturated heterocycles. The Morgan fingerprint density at radius 2 is 1.90 bits per heavy atom. The van der Waals surface area contributed by atoms with Crippen molar-refractivity contribution < 1.29 is 14.4 Å². The Kier molecular flexibility index (Phi) is 6.07. The minimum Gasteiger partial charge on any atom is -0.351 e. The summed E-state index contributed by atoms with van der Waals surface area (Å²) in [7, 11) is 0. The minimum atomic E-state index is -0.213. The van der Waals surface area contributed by atoms with E-state index in [-0.39, 0.29) is 24.0 Å². The average Bonchev–Trinajstić information content (AvgIpc) is 3.02. The summed E-state index contributed by atoms with van der Waals surface area (Å²) < 4.78 is 1.79. The number of aromatic nitrogens is 2. The monoisotopic (exact) mass is 392 g/mol. The van der Waals surface area contributed by atoms with Crippen LogP contribution in [-0.2, 0) is 4.79 Å². The summed E-state index contributed by atoms with van der Waals surface area (Å²) in [6, 6.07) is 10.7. The molecule has 0 unspecified atom stereocenters. The van der Waals surface area contributed by atoms with Crippen LogP contribution in [0.5, 0.6) is 0 Å². The number of rotatable bonds is 7. The molecule has 7 heteroatoms. The normalized spacial score (nSPS) is 10.7. The number of imidazole rings is 1. The van der Waals surface area contributed by atoms with Gasteiger partial charge in [0.05, 0.1) is 5.69 Å². The van der Waals surface area contributed by atoms with E-state index in [0.29, 0.717) is 35.6 Å². The SMILES string of the molecule is CC(=O)c1cccc(NC(=O)CCCNC(=O)c2c(C)nc3c(C)cccn23)c1. The number of amides is 2. The smallest absolute Gasteiger partial charge is 0.270 e. The van der Waals surface area contributed by atoms with Gasteiger partial charge in [-0.1, -0.05) is 18.2 Å². The van der Waals surface area contributed by atoms with E-state index in [4.69, 9.17) is 0 Å². The van der Waals surface area contributed by atoms with Crippen molar-refractivity contribution in [1.82, 2.24) is 14.7 Å². The molecule has 3 rings (SSSR count). The number of nitrogens with zero attached hydrogens (tertiary/aromatic N) is 2. The molecule has 0 bridgehead atoms. The van der Waals surface area contributed by atoms with Gasteiger partial charge in [-0.2, -0.15) is 0 Å². The van der Waals surface area contributed by atoms with Crippen molar-refractivity contribution in [2.45, 2.75) is 33.6 Å². The number of pyridine rings is 1. The molecule has 0 spiro atoms. The van der Waals surface area contributed by atoms with Gasteiger partial charge in [0.25, 0.3) is 5.91 Å². The number of ketones is 1. The van der Waals surface area contributed by atoms with Crippen LogP contribution in [0.3, 0.4) is 0 Å². The van der Waals surface area contributed by atoms with Crippen LogP contribution in [0.15, 0.2) is 42.6 Å². The highest BCUT2D eigenvalue weighted by molar-refractivity contribution is 5.97.